The molecule has 1 aromatic carbocycles. The van der Waals surface area contributed by atoms with E-state index in [0.29, 0.717) is 14.2 Å². The smallest absolute Gasteiger partial charge is 0.286 e. The Hall–Kier alpha value is -1.22. The molecule has 0 atom stereocenters. The molecule has 2 rings (SSSR count). The highest BCUT2D eigenvalue weighted by molar-refractivity contribution is 14.1. The molecule has 1 aliphatic heterocycles. The normalized spacial score (nSPS) is 17.1. The number of rotatable bonds is 2. The molecule has 1 amide bonds. The van der Waals surface area contributed by atoms with Gasteiger partial charge in [0, 0.05) is 0 Å². The lowest BCUT2D eigenvalue weighted by atomic mass is 10.2. The van der Waals surface area contributed by atoms with Crippen molar-refractivity contribution >= 4 is 51.5 Å². The molecule has 1 aromatic rings. The number of hydrogen-bond acceptors (Lipinski definition) is 5. The Morgan fingerprint density at radius 1 is 1.56 bits per heavy atom. The molecule has 5 nitrogen and oxygen atoms in total. The second-order valence-corrected chi connectivity index (χ2v) is 5.64. The van der Waals surface area contributed by atoms with Crippen molar-refractivity contribution in [3.8, 4) is 11.5 Å². The molecule has 1 heterocycles. The Bertz CT molecular complexity index is 584. The molecule has 0 radical (unpaired) electrons. The molecule has 1 aliphatic rings. The third-order valence-electron chi connectivity index (χ3n) is 2.21. The molecule has 0 saturated carbocycles. The maximum absolute atomic E-state index is 11.5. The Morgan fingerprint density at radius 2 is 2.28 bits per heavy atom. The molecule has 0 bridgehead atoms. The van der Waals surface area contributed by atoms with Gasteiger partial charge in [0.1, 0.15) is 0 Å². The number of methoxy groups -OCH3 is 1. The number of halogens is 1. The summed E-state index contributed by atoms with van der Waals surface area (Å²) in [5.41, 5.74) is 6.21. The molecule has 94 valence electrons. The topological polar surface area (TPSA) is 84.9 Å². The van der Waals surface area contributed by atoms with Crippen LogP contribution in [0.2, 0.25) is 0 Å². The third-order valence-corrected chi connectivity index (χ3v) is 3.84. The van der Waals surface area contributed by atoms with Crippen molar-refractivity contribution in [3.63, 3.8) is 0 Å². The fourth-order valence-corrected chi connectivity index (χ4v) is 2.72. The van der Waals surface area contributed by atoms with Crippen LogP contribution < -0.4 is 10.5 Å². The van der Waals surface area contributed by atoms with E-state index in [1.165, 1.54) is 7.11 Å². The molecule has 0 saturated heterocycles. The van der Waals surface area contributed by atoms with Gasteiger partial charge in [-0.05, 0) is 58.1 Å². The number of nitrogens with zero attached hydrogens (tertiary/aromatic N) is 1. The first-order chi connectivity index (χ1) is 8.51. The monoisotopic (exact) mass is 376 g/mol. The summed E-state index contributed by atoms with van der Waals surface area (Å²) in [6.45, 7) is 0. The number of carbonyl (C=O) groups is 1. The molecule has 0 spiro atoms. The minimum absolute atomic E-state index is 0.0846. The van der Waals surface area contributed by atoms with Gasteiger partial charge in [-0.3, -0.25) is 4.79 Å². The van der Waals surface area contributed by atoms with Gasteiger partial charge in [-0.25, -0.2) is 0 Å². The number of phenols is 1. The zero-order valence-corrected chi connectivity index (χ0v) is 12.3. The van der Waals surface area contributed by atoms with Crippen LogP contribution in [0.5, 0.6) is 11.5 Å². The summed E-state index contributed by atoms with van der Waals surface area (Å²) in [6, 6.07) is 3.39. The molecular weight excluding hydrogens is 367 g/mol. The molecular formula is C11H9IN2O3S. The van der Waals surface area contributed by atoms with Gasteiger partial charge in [0.2, 0.25) is 0 Å². The van der Waals surface area contributed by atoms with E-state index in [9.17, 15) is 9.90 Å². The van der Waals surface area contributed by atoms with Crippen LogP contribution in [0.3, 0.4) is 0 Å². The zero-order chi connectivity index (χ0) is 13.3. The summed E-state index contributed by atoms with van der Waals surface area (Å²) in [6.07, 6.45) is 1.67. The summed E-state index contributed by atoms with van der Waals surface area (Å²) in [7, 11) is 1.47. The zero-order valence-electron chi connectivity index (χ0n) is 9.31. The maximum atomic E-state index is 11.5. The predicted molar refractivity (Wildman–Crippen MR) is 79.6 cm³/mol. The highest BCUT2D eigenvalue weighted by Gasteiger charge is 2.19. The number of benzene rings is 1. The van der Waals surface area contributed by atoms with Gasteiger partial charge < -0.3 is 15.6 Å². The van der Waals surface area contributed by atoms with Crippen molar-refractivity contribution in [1.82, 2.24) is 0 Å². The largest absolute Gasteiger partial charge is 0.504 e. The van der Waals surface area contributed by atoms with Crippen molar-refractivity contribution in [2.75, 3.05) is 7.11 Å². The number of aliphatic imine (C=N–C) groups is 1. The number of amidine groups is 1. The van der Waals surface area contributed by atoms with E-state index in [2.05, 4.69) is 4.99 Å². The Kier molecular flexibility index (Phi) is 3.81. The third kappa shape index (κ3) is 2.61. The second-order valence-electron chi connectivity index (χ2n) is 3.42. The van der Waals surface area contributed by atoms with Crippen molar-refractivity contribution in [3.05, 3.63) is 26.2 Å². The highest BCUT2D eigenvalue weighted by atomic mass is 127. The summed E-state index contributed by atoms with van der Waals surface area (Å²) < 4.78 is 5.69. The molecule has 7 heteroatoms. The van der Waals surface area contributed by atoms with Crippen molar-refractivity contribution in [2.45, 2.75) is 0 Å². The number of ether oxygens (including phenoxy) is 1. The Labute approximate surface area is 121 Å². The lowest BCUT2D eigenvalue weighted by Gasteiger charge is -2.06. The number of phenolic OH excluding ortho intramolecular Hbond substituents is 1. The van der Waals surface area contributed by atoms with Crippen molar-refractivity contribution in [2.24, 2.45) is 10.7 Å². The number of aromatic hydroxyl groups is 1. The molecule has 0 aromatic heterocycles. The maximum Gasteiger partial charge on any atom is 0.286 e. The average Bonchev–Trinajstić information content (AvgIpc) is 2.62. The van der Waals surface area contributed by atoms with Crippen LogP contribution in [-0.4, -0.2) is 23.3 Å². The highest BCUT2D eigenvalue weighted by Crippen LogP contribution is 2.34. The molecule has 3 N–H and O–H groups in total. The van der Waals surface area contributed by atoms with Crippen LogP contribution in [-0.2, 0) is 4.79 Å². The minimum atomic E-state index is -0.348. The molecule has 18 heavy (non-hydrogen) atoms. The lowest BCUT2D eigenvalue weighted by Crippen LogP contribution is -2.01. The SMILES string of the molecule is COc1cc(C=C2SC(N)=NC2=O)cc(I)c1O. The fraction of sp³-hybridized carbons (Fsp3) is 0.0909. The summed E-state index contributed by atoms with van der Waals surface area (Å²) in [5, 5.41) is 9.95. The standard InChI is InChI=1S/C11H9IN2O3S/c1-17-7-3-5(2-6(12)9(7)15)4-8-10(16)14-11(13)18-8/h2-4,15H,1H3,(H2,13,14,16). The Balaban J connectivity index is 2.39. The second kappa shape index (κ2) is 5.19. The first kappa shape index (κ1) is 13.2. The first-order valence-corrected chi connectivity index (χ1v) is 6.75. The molecule has 0 aliphatic carbocycles. The first-order valence-electron chi connectivity index (χ1n) is 4.86. The van der Waals surface area contributed by atoms with Crippen molar-refractivity contribution in [1.29, 1.82) is 0 Å². The predicted octanol–water partition coefficient (Wildman–Crippen LogP) is 1.93. The number of hydrogen-bond donors (Lipinski definition) is 2. The van der Waals surface area contributed by atoms with Gasteiger partial charge in [0.15, 0.2) is 16.7 Å². The number of nitrogens with two attached hydrogens (primary N) is 1. The molecule has 0 unspecified atom stereocenters. The van der Waals surface area contributed by atoms with E-state index < -0.39 is 0 Å². The van der Waals surface area contributed by atoms with Crippen LogP contribution in [0.1, 0.15) is 5.56 Å². The van der Waals surface area contributed by atoms with Crippen LogP contribution in [0, 0.1) is 3.57 Å². The van der Waals surface area contributed by atoms with Crippen LogP contribution in [0.15, 0.2) is 22.0 Å². The van der Waals surface area contributed by atoms with E-state index >= 15 is 0 Å². The Morgan fingerprint density at radius 3 is 2.83 bits per heavy atom. The lowest BCUT2D eigenvalue weighted by molar-refractivity contribution is -0.113. The van der Waals surface area contributed by atoms with Crippen LogP contribution in [0.4, 0.5) is 0 Å². The quantitative estimate of drug-likeness (QED) is 0.609. The number of amides is 1. The van der Waals surface area contributed by atoms with Gasteiger partial charge in [-0.1, -0.05) is 0 Å². The van der Waals surface area contributed by atoms with Gasteiger partial charge >= 0.3 is 0 Å². The van der Waals surface area contributed by atoms with E-state index in [1.54, 1.807) is 18.2 Å². The minimum Gasteiger partial charge on any atom is -0.504 e. The van der Waals surface area contributed by atoms with E-state index in [-0.39, 0.29) is 16.8 Å². The summed E-state index contributed by atoms with van der Waals surface area (Å²) in [5.74, 6) is 0.0963. The van der Waals surface area contributed by atoms with E-state index in [4.69, 9.17) is 10.5 Å². The van der Waals surface area contributed by atoms with E-state index in [0.717, 1.165) is 17.3 Å². The average molecular weight is 376 g/mol. The number of carbonyl (C=O) groups excluding carboxylic acids is 1. The molecule has 0 fully saturated rings. The van der Waals surface area contributed by atoms with Gasteiger partial charge in [-0.15, -0.1) is 0 Å². The fourth-order valence-electron chi connectivity index (χ4n) is 1.41. The van der Waals surface area contributed by atoms with Crippen molar-refractivity contribution < 1.29 is 14.6 Å². The summed E-state index contributed by atoms with van der Waals surface area (Å²) >= 11 is 3.12. The van der Waals surface area contributed by atoms with Crippen LogP contribution >= 0.6 is 34.4 Å². The van der Waals surface area contributed by atoms with Gasteiger partial charge in [0.25, 0.3) is 5.91 Å². The van der Waals surface area contributed by atoms with E-state index in [1.807, 2.05) is 22.6 Å². The van der Waals surface area contributed by atoms with Gasteiger partial charge in [0.05, 0.1) is 15.6 Å². The van der Waals surface area contributed by atoms with Gasteiger partial charge in [-0.2, -0.15) is 4.99 Å². The van der Waals surface area contributed by atoms with Crippen LogP contribution in [0.25, 0.3) is 6.08 Å². The summed E-state index contributed by atoms with van der Waals surface area (Å²) in [4.78, 5) is 15.5. The number of thioether (sulfide) groups is 1.